The molecule has 0 atom stereocenters. The Bertz CT molecular complexity index is 334. The molecule has 0 saturated heterocycles. The molecule has 8 heteroatoms. The Morgan fingerprint density at radius 1 is 0.633 bits per heavy atom. The van der Waals surface area contributed by atoms with Gasteiger partial charge in [0.15, 0.2) is 16.6 Å². The number of aliphatic hydroxyl groups excluding tert-OH is 3. The summed E-state index contributed by atoms with van der Waals surface area (Å²) in [6.45, 7) is 24.6. The average molecular weight is 583 g/mol. The normalized spacial score (nSPS) is 12.2. The first kappa shape index (κ1) is 38.2. The molecule has 3 N–H and O–H groups in total. The van der Waals surface area contributed by atoms with Gasteiger partial charge in [0.1, 0.15) is 0 Å². The van der Waals surface area contributed by atoms with Crippen molar-refractivity contribution in [2.45, 2.75) is 104 Å². The van der Waals surface area contributed by atoms with Gasteiger partial charge in [0, 0.05) is 37.5 Å². The number of hydrogen-bond donors (Lipinski definition) is 3. The second kappa shape index (κ2) is 19.4. The van der Waals surface area contributed by atoms with Crippen molar-refractivity contribution in [1.82, 2.24) is 0 Å². The van der Waals surface area contributed by atoms with Gasteiger partial charge in [-0.15, -0.1) is 0 Å². The van der Waals surface area contributed by atoms with Gasteiger partial charge in [0.05, 0.1) is 0 Å². The zero-order chi connectivity index (χ0) is 23.8. The molecule has 0 aliphatic heterocycles. The molecule has 0 heterocycles. The molecule has 0 aromatic heterocycles. The summed E-state index contributed by atoms with van der Waals surface area (Å²) in [6.07, 6.45) is 2.44. The molecule has 0 aromatic rings. The van der Waals surface area contributed by atoms with Gasteiger partial charge < -0.3 is 24.2 Å². The maximum Gasteiger partial charge on any atom is 0.191 e. The van der Waals surface area contributed by atoms with Gasteiger partial charge in [0.25, 0.3) is 0 Å². The minimum atomic E-state index is -1.55. The number of halogens is 1. The maximum absolute atomic E-state index is 8.60. The Morgan fingerprint density at radius 2 is 0.933 bits per heavy atom. The number of hydrogen-bond acceptors (Lipinski definition) is 5. The smallest absolute Gasteiger partial charge is 0.191 e. The minimum Gasteiger partial charge on any atom is -0.417 e. The standard InChI is InChI=1S/C9H21IOSi.C9H22O2Si.C3H8O2.CH4/c2*1-9(2,3)12(4,5)11-8-6-7-10;4-2-1-3-5;/h6-8H2,1-5H3;10H,6-8H2,1-5H3;4-5H,1-3H2;1H4. The Morgan fingerprint density at radius 3 is 1.13 bits per heavy atom. The molecule has 30 heavy (non-hydrogen) atoms. The molecule has 0 aromatic carbocycles. The highest BCUT2D eigenvalue weighted by molar-refractivity contribution is 14.1. The third-order valence-electron chi connectivity index (χ3n) is 5.43. The Balaban J connectivity index is -0.000000180. The fourth-order valence-electron chi connectivity index (χ4n) is 1.28. The highest BCUT2D eigenvalue weighted by Gasteiger charge is 2.37. The van der Waals surface area contributed by atoms with Gasteiger partial charge in [-0.25, -0.2) is 0 Å². The SMILES string of the molecule is C.CC(C)(C)[Si](C)(C)OCCCI.CC(C)(C)[Si](C)(C)OCCCO.OCCCO. The van der Waals surface area contributed by atoms with Crippen LogP contribution in [-0.4, -0.2) is 69.4 Å². The van der Waals surface area contributed by atoms with E-state index in [9.17, 15) is 0 Å². The number of rotatable bonds is 10. The summed E-state index contributed by atoms with van der Waals surface area (Å²) in [5, 5.41) is 25.1. The summed E-state index contributed by atoms with van der Waals surface area (Å²) in [4.78, 5) is 0. The zero-order valence-electron chi connectivity index (χ0n) is 20.9. The van der Waals surface area contributed by atoms with E-state index in [4.69, 9.17) is 24.2 Å². The number of aliphatic hydroxyl groups is 3. The van der Waals surface area contributed by atoms with Gasteiger partial charge in [0.2, 0.25) is 0 Å². The Kier molecular flexibility index (Phi) is 24.8. The quantitative estimate of drug-likeness (QED) is 0.123. The van der Waals surface area contributed by atoms with Crippen LogP contribution in [0.15, 0.2) is 0 Å². The second-order valence-electron chi connectivity index (χ2n) is 10.1. The molecule has 0 amide bonds. The van der Waals surface area contributed by atoms with Crippen LogP contribution in [0.5, 0.6) is 0 Å². The van der Waals surface area contributed by atoms with E-state index in [1.807, 2.05) is 0 Å². The van der Waals surface area contributed by atoms with Gasteiger partial charge >= 0.3 is 0 Å². The lowest BCUT2D eigenvalue weighted by molar-refractivity contribution is 0.221. The largest absolute Gasteiger partial charge is 0.417 e. The fourth-order valence-corrected chi connectivity index (χ4v) is 3.76. The lowest BCUT2D eigenvalue weighted by Gasteiger charge is -2.36. The van der Waals surface area contributed by atoms with E-state index in [2.05, 4.69) is 90.3 Å². The summed E-state index contributed by atoms with van der Waals surface area (Å²) >= 11 is 2.40. The van der Waals surface area contributed by atoms with E-state index in [1.165, 1.54) is 10.8 Å². The lowest BCUT2D eigenvalue weighted by atomic mass is 10.2. The van der Waals surface area contributed by atoms with E-state index in [1.54, 1.807) is 0 Å². The third kappa shape index (κ3) is 20.8. The van der Waals surface area contributed by atoms with Crippen LogP contribution in [0.2, 0.25) is 36.3 Å². The van der Waals surface area contributed by atoms with Crippen LogP contribution in [-0.2, 0) is 8.85 Å². The van der Waals surface area contributed by atoms with Crippen molar-refractivity contribution < 1.29 is 24.2 Å². The third-order valence-corrected chi connectivity index (χ3v) is 15.3. The van der Waals surface area contributed by atoms with Gasteiger partial charge in [-0.3, -0.25) is 0 Å². The lowest BCUT2D eigenvalue weighted by Crippen LogP contribution is -2.41. The van der Waals surface area contributed by atoms with Crippen molar-refractivity contribution in [3.63, 3.8) is 0 Å². The predicted octanol–water partition coefficient (Wildman–Crippen LogP) is 6.22. The first-order chi connectivity index (χ1) is 13.0. The number of alkyl halides is 1. The van der Waals surface area contributed by atoms with E-state index in [0.717, 1.165) is 13.0 Å². The van der Waals surface area contributed by atoms with E-state index < -0.39 is 16.6 Å². The van der Waals surface area contributed by atoms with Gasteiger partial charge in [-0.1, -0.05) is 71.6 Å². The van der Waals surface area contributed by atoms with Crippen molar-refractivity contribution in [3.05, 3.63) is 0 Å². The molecule has 0 rings (SSSR count). The van der Waals surface area contributed by atoms with Crippen LogP contribution in [0, 0.1) is 0 Å². The van der Waals surface area contributed by atoms with Crippen molar-refractivity contribution in [2.75, 3.05) is 37.5 Å². The molecule has 0 saturated carbocycles. The zero-order valence-corrected chi connectivity index (χ0v) is 25.1. The summed E-state index contributed by atoms with van der Waals surface area (Å²) in [5.41, 5.74) is 0. The summed E-state index contributed by atoms with van der Waals surface area (Å²) in [5.74, 6) is 0. The van der Waals surface area contributed by atoms with Crippen molar-refractivity contribution in [3.8, 4) is 0 Å². The minimum absolute atomic E-state index is 0. The predicted molar refractivity (Wildman–Crippen MR) is 147 cm³/mol. The molecule has 0 bridgehead atoms. The molecular weight excluding hydrogens is 527 g/mol. The van der Waals surface area contributed by atoms with Crippen LogP contribution >= 0.6 is 22.6 Å². The highest BCUT2D eigenvalue weighted by Crippen LogP contribution is 2.37. The molecule has 0 radical (unpaired) electrons. The first-order valence-corrected chi connectivity index (χ1v) is 18.0. The Hall–Kier alpha value is 0.964. The summed E-state index contributed by atoms with van der Waals surface area (Å²) < 4.78 is 13.0. The van der Waals surface area contributed by atoms with Crippen LogP contribution in [0.3, 0.4) is 0 Å². The topological polar surface area (TPSA) is 79.2 Å². The molecular formula is C22H55IO5Si2. The second-order valence-corrected chi connectivity index (χ2v) is 20.8. The van der Waals surface area contributed by atoms with Crippen LogP contribution in [0.4, 0.5) is 0 Å². The molecule has 0 spiro atoms. The Labute approximate surface area is 204 Å². The van der Waals surface area contributed by atoms with E-state index >= 15 is 0 Å². The van der Waals surface area contributed by atoms with Gasteiger partial charge in [-0.05, 0) is 55.5 Å². The molecule has 188 valence electrons. The molecule has 0 unspecified atom stereocenters. The average Bonchev–Trinajstić information content (AvgIpc) is 2.55. The first-order valence-electron chi connectivity index (χ1n) is 10.7. The monoisotopic (exact) mass is 582 g/mol. The summed E-state index contributed by atoms with van der Waals surface area (Å²) in [7, 11) is -3.00. The van der Waals surface area contributed by atoms with Crippen molar-refractivity contribution in [2.24, 2.45) is 0 Å². The van der Waals surface area contributed by atoms with E-state index in [-0.39, 0.29) is 32.3 Å². The fraction of sp³-hybridized carbons (Fsp3) is 1.00. The van der Waals surface area contributed by atoms with Crippen LogP contribution in [0.1, 0.15) is 68.2 Å². The maximum atomic E-state index is 8.60. The molecule has 0 aliphatic rings. The summed E-state index contributed by atoms with van der Waals surface area (Å²) in [6, 6.07) is 0. The van der Waals surface area contributed by atoms with Crippen molar-refractivity contribution in [1.29, 1.82) is 0 Å². The highest BCUT2D eigenvalue weighted by atomic mass is 127. The van der Waals surface area contributed by atoms with Gasteiger partial charge in [-0.2, -0.15) is 0 Å². The van der Waals surface area contributed by atoms with Crippen LogP contribution < -0.4 is 0 Å². The van der Waals surface area contributed by atoms with Crippen LogP contribution in [0.25, 0.3) is 0 Å². The van der Waals surface area contributed by atoms with Crippen molar-refractivity contribution >= 4 is 39.2 Å². The molecule has 0 fully saturated rings. The molecule has 0 aliphatic carbocycles. The molecule has 5 nitrogen and oxygen atoms in total. The van der Waals surface area contributed by atoms with E-state index in [0.29, 0.717) is 18.1 Å².